The lowest BCUT2D eigenvalue weighted by Gasteiger charge is -2.15. The summed E-state index contributed by atoms with van der Waals surface area (Å²) in [5.41, 5.74) is 0.406. The Morgan fingerprint density at radius 2 is 1.80 bits per heavy atom. The van der Waals surface area contributed by atoms with Crippen molar-refractivity contribution in [3.05, 3.63) is 34.4 Å². The monoisotopic (exact) mass is 366 g/mol. The van der Waals surface area contributed by atoms with Gasteiger partial charge in [0.25, 0.3) is 5.56 Å². The zero-order valence-electron chi connectivity index (χ0n) is 15.5. The Bertz CT molecular complexity index is 761. The van der Waals surface area contributed by atoms with E-state index in [-0.39, 0.29) is 5.56 Å². The maximum absolute atomic E-state index is 13.5. The van der Waals surface area contributed by atoms with Crippen LogP contribution in [0.4, 0.5) is 4.39 Å². The third kappa shape index (κ3) is 5.80. The highest BCUT2D eigenvalue weighted by atomic mass is 32.2. The van der Waals surface area contributed by atoms with Gasteiger partial charge < -0.3 is 9.80 Å². The van der Waals surface area contributed by atoms with E-state index >= 15 is 0 Å². The van der Waals surface area contributed by atoms with E-state index in [2.05, 4.69) is 14.8 Å². The van der Waals surface area contributed by atoms with Crippen molar-refractivity contribution in [2.45, 2.75) is 24.5 Å². The fourth-order valence-electron chi connectivity index (χ4n) is 2.57. The van der Waals surface area contributed by atoms with Crippen LogP contribution in [-0.2, 0) is 6.54 Å². The fraction of sp³-hybridized carbons (Fsp3) is 0.556. The maximum atomic E-state index is 13.5. The fourth-order valence-corrected chi connectivity index (χ4v) is 3.52. The van der Waals surface area contributed by atoms with Crippen molar-refractivity contribution in [2.75, 3.05) is 47.0 Å². The lowest BCUT2D eigenvalue weighted by Crippen LogP contribution is -2.25. The molecule has 0 bridgehead atoms. The highest BCUT2D eigenvalue weighted by Crippen LogP contribution is 2.19. The van der Waals surface area contributed by atoms with Gasteiger partial charge in [-0.3, -0.25) is 9.36 Å². The standard InChI is InChI=1S/C18H27FN4OS/c1-21(2)9-5-11-23-17(24)15-13-14(19)7-8-16(15)20-18(23)25-12-6-10-22(3)4/h7-8,13H,5-6,9-12H2,1-4H3. The summed E-state index contributed by atoms with van der Waals surface area (Å²) in [6, 6.07) is 4.22. The molecule has 0 fully saturated rings. The van der Waals surface area contributed by atoms with Crippen LogP contribution in [0.3, 0.4) is 0 Å². The van der Waals surface area contributed by atoms with E-state index in [9.17, 15) is 9.18 Å². The van der Waals surface area contributed by atoms with Crippen LogP contribution in [0.5, 0.6) is 0 Å². The topological polar surface area (TPSA) is 41.4 Å². The van der Waals surface area contributed by atoms with Crippen molar-refractivity contribution in [2.24, 2.45) is 0 Å². The van der Waals surface area contributed by atoms with Crippen LogP contribution >= 0.6 is 11.8 Å². The highest BCUT2D eigenvalue weighted by molar-refractivity contribution is 7.99. The second-order valence-electron chi connectivity index (χ2n) is 6.67. The predicted molar refractivity (Wildman–Crippen MR) is 103 cm³/mol. The van der Waals surface area contributed by atoms with Crippen molar-refractivity contribution in [1.82, 2.24) is 19.4 Å². The van der Waals surface area contributed by atoms with Gasteiger partial charge in [-0.1, -0.05) is 11.8 Å². The summed E-state index contributed by atoms with van der Waals surface area (Å²) in [5.74, 6) is 0.489. The van der Waals surface area contributed by atoms with Crippen LogP contribution in [0.2, 0.25) is 0 Å². The van der Waals surface area contributed by atoms with Crippen LogP contribution in [-0.4, -0.2) is 66.4 Å². The molecule has 2 aromatic rings. The van der Waals surface area contributed by atoms with Gasteiger partial charge in [0.1, 0.15) is 5.82 Å². The van der Waals surface area contributed by atoms with Gasteiger partial charge in [-0.05, 0) is 72.3 Å². The van der Waals surface area contributed by atoms with Crippen molar-refractivity contribution in [1.29, 1.82) is 0 Å². The zero-order chi connectivity index (χ0) is 18.4. The molecule has 0 radical (unpaired) electrons. The maximum Gasteiger partial charge on any atom is 0.262 e. The van der Waals surface area contributed by atoms with Crippen LogP contribution in [0.1, 0.15) is 12.8 Å². The number of rotatable bonds is 9. The lowest BCUT2D eigenvalue weighted by atomic mass is 10.2. The second-order valence-corrected chi connectivity index (χ2v) is 7.74. The van der Waals surface area contributed by atoms with Gasteiger partial charge in [-0.25, -0.2) is 9.37 Å². The van der Waals surface area contributed by atoms with Crippen LogP contribution in [0.15, 0.2) is 28.2 Å². The molecule has 138 valence electrons. The molecule has 0 saturated carbocycles. The minimum absolute atomic E-state index is 0.154. The first-order chi connectivity index (χ1) is 11.9. The lowest BCUT2D eigenvalue weighted by molar-refractivity contribution is 0.379. The van der Waals surface area contributed by atoms with Crippen molar-refractivity contribution in [3.63, 3.8) is 0 Å². The van der Waals surface area contributed by atoms with Crippen molar-refractivity contribution < 1.29 is 4.39 Å². The molecule has 0 amide bonds. The average Bonchev–Trinajstić information content (AvgIpc) is 2.54. The van der Waals surface area contributed by atoms with E-state index in [0.717, 1.165) is 36.8 Å². The van der Waals surface area contributed by atoms with Crippen LogP contribution in [0, 0.1) is 5.82 Å². The van der Waals surface area contributed by atoms with Gasteiger partial charge in [-0.2, -0.15) is 0 Å². The van der Waals surface area contributed by atoms with E-state index in [4.69, 9.17) is 0 Å². The molecule has 0 aliphatic carbocycles. The minimum Gasteiger partial charge on any atom is -0.309 e. The summed E-state index contributed by atoms with van der Waals surface area (Å²) in [7, 11) is 8.11. The molecule has 7 heteroatoms. The molecule has 0 N–H and O–H groups in total. The van der Waals surface area contributed by atoms with E-state index in [1.807, 2.05) is 28.2 Å². The van der Waals surface area contributed by atoms with Gasteiger partial charge in [0.15, 0.2) is 5.16 Å². The number of benzene rings is 1. The van der Waals surface area contributed by atoms with E-state index in [1.54, 1.807) is 22.4 Å². The Labute approximate surface area is 152 Å². The normalized spacial score (nSPS) is 11.8. The zero-order valence-corrected chi connectivity index (χ0v) is 16.3. The molecule has 5 nitrogen and oxygen atoms in total. The molecule has 0 unspecified atom stereocenters. The van der Waals surface area contributed by atoms with Gasteiger partial charge >= 0.3 is 0 Å². The summed E-state index contributed by atoms with van der Waals surface area (Å²) < 4.78 is 15.2. The molecule has 1 heterocycles. The van der Waals surface area contributed by atoms with Crippen molar-refractivity contribution in [3.8, 4) is 0 Å². The summed E-state index contributed by atoms with van der Waals surface area (Å²) in [6.45, 7) is 2.47. The van der Waals surface area contributed by atoms with Gasteiger partial charge in [0.2, 0.25) is 0 Å². The number of fused-ring (bicyclic) bond motifs is 1. The van der Waals surface area contributed by atoms with Crippen LogP contribution < -0.4 is 5.56 Å². The summed E-state index contributed by atoms with van der Waals surface area (Å²) >= 11 is 1.60. The molecule has 0 aliphatic rings. The summed E-state index contributed by atoms with van der Waals surface area (Å²) in [4.78, 5) is 21.7. The average molecular weight is 367 g/mol. The first-order valence-electron chi connectivity index (χ1n) is 8.51. The third-order valence-corrected chi connectivity index (χ3v) is 4.91. The number of hydrogen-bond acceptors (Lipinski definition) is 5. The van der Waals surface area contributed by atoms with Crippen LogP contribution in [0.25, 0.3) is 10.9 Å². The number of thioether (sulfide) groups is 1. The Kier molecular flexibility index (Phi) is 7.40. The summed E-state index contributed by atoms with van der Waals surface area (Å²) in [6.07, 6.45) is 1.87. The number of nitrogens with zero attached hydrogens (tertiary/aromatic N) is 4. The van der Waals surface area contributed by atoms with Gasteiger partial charge in [0.05, 0.1) is 10.9 Å². The third-order valence-electron chi connectivity index (χ3n) is 3.85. The number of hydrogen-bond donors (Lipinski definition) is 0. The molecule has 1 aromatic carbocycles. The molecular weight excluding hydrogens is 339 g/mol. The number of aromatic nitrogens is 2. The molecular formula is C18H27FN4OS. The molecule has 0 saturated heterocycles. The van der Waals surface area contributed by atoms with E-state index < -0.39 is 5.82 Å². The first kappa shape index (κ1) is 19.9. The van der Waals surface area contributed by atoms with Gasteiger partial charge in [0, 0.05) is 12.3 Å². The quantitative estimate of drug-likeness (QED) is 0.388. The molecule has 25 heavy (non-hydrogen) atoms. The van der Waals surface area contributed by atoms with Gasteiger partial charge in [-0.15, -0.1) is 0 Å². The van der Waals surface area contributed by atoms with Crippen molar-refractivity contribution >= 4 is 22.7 Å². The smallest absolute Gasteiger partial charge is 0.262 e. The van der Waals surface area contributed by atoms with E-state index in [1.165, 1.54) is 12.1 Å². The summed E-state index contributed by atoms with van der Waals surface area (Å²) in [5, 5.41) is 1.07. The highest BCUT2D eigenvalue weighted by Gasteiger charge is 2.12. The minimum atomic E-state index is -0.405. The first-order valence-corrected chi connectivity index (χ1v) is 9.49. The SMILES string of the molecule is CN(C)CCCSc1nc2ccc(F)cc2c(=O)n1CCCN(C)C. The Balaban J connectivity index is 2.28. The molecule has 0 spiro atoms. The molecule has 2 rings (SSSR count). The largest absolute Gasteiger partial charge is 0.309 e. The molecule has 0 aliphatic heterocycles. The second kappa shape index (κ2) is 9.31. The molecule has 0 atom stereocenters. The van der Waals surface area contributed by atoms with E-state index in [0.29, 0.717) is 17.4 Å². The number of halogens is 1. The Hall–Kier alpha value is -1.44. The Morgan fingerprint density at radius 1 is 1.12 bits per heavy atom. The molecule has 1 aromatic heterocycles. The predicted octanol–water partition coefficient (Wildman–Crippen LogP) is 2.53. The Morgan fingerprint density at radius 3 is 2.48 bits per heavy atom.